The van der Waals surface area contributed by atoms with Gasteiger partial charge in [0, 0.05) is 40.0 Å². The second-order valence-electron chi connectivity index (χ2n) is 23.5. The van der Waals surface area contributed by atoms with Crippen LogP contribution in [0.2, 0.25) is 0 Å². The third-order valence-electron chi connectivity index (χ3n) is 15.9. The van der Waals surface area contributed by atoms with E-state index in [9.17, 15) is 77.6 Å². The summed E-state index contributed by atoms with van der Waals surface area (Å²) in [4.78, 5) is 180. The Labute approximate surface area is 515 Å². The van der Waals surface area contributed by atoms with Crippen LogP contribution in [0.4, 0.5) is 0 Å². The van der Waals surface area contributed by atoms with Gasteiger partial charge in [-0.15, -0.1) is 0 Å². The van der Waals surface area contributed by atoms with Crippen LogP contribution in [0, 0.1) is 11.8 Å². The number of ketones is 1. The molecule has 0 aromatic heterocycles. The first-order valence-corrected chi connectivity index (χ1v) is 30.7. The number of likely N-dealkylation sites (N-methyl/N-ethyl adjacent to an activating group) is 1. The van der Waals surface area contributed by atoms with Crippen LogP contribution in [-0.4, -0.2) is 201 Å². The number of aliphatic hydroxyl groups excluding tert-OH is 3. The molecule has 0 bridgehead atoms. The van der Waals surface area contributed by atoms with Crippen molar-refractivity contribution in [3.8, 4) is 0 Å². The first-order chi connectivity index (χ1) is 41.3. The molecule has 0 aromatic carbocycles. The van der Waals surface area contributed by atoms with Gasteiger partial charge in [-0.05, 0) is 85.0 Å². The lowest BCUT2D eigenvalue weighted by atomic mass is 9.90. The summed E-state index contributed by atoms with van der Waals surface area (Å²) in [7, 11) is 2.38. The number of ether oxygens (including phenoxy) is 1. The number of methoxy groups -OCH3 is 1. The summed E-state index contributed by atoms with van der Waals surface area (Å²) in [5, 5.41) is 52.9. The van der Waals surface area contributed by atoms with E-state index in [0.717, 1.165) is 81.1 Å². The zero-order valence-electron chi connectivity index (χ0n) is 53.1. The van der Waals surface area contributed by atoms with Crippen LogP contribution in [0.15, 0.2) is 11.8 Å². The summed E-state index contributed by atoms with van der Waals surface area (Å²) in [5.41, 5.74) is 10.5. The Kier molecular flexibility index (Phi) is 33.5. The fourth-order valence-electron chi connectivity index (χ4n) is 10.3. The van der Waals surface area contributed by atoms with E-state index in [2.05, 4.69) is 42.5 Å². The van der Waals surface area contributed by atoms with Gasteiger partial charge in [0.1, 0.15) is 59.8 Å². The maximum absolute atomic E-state index is 14.8. The molecule has 0 aromatic rings. The highest BCUT2D eigenvalue weighted by Gasteiger charge is 2.45. The summed E-state index contributed by atoms with van der Waals surface area (Å²) >= 11 is 0. The number of fused-ring (bicyclic) bond motifs is 1. The van der Waals surface area contributed by atoms with Gasteiger partial charge in [-0.1, -0.05) is 78.7 Å². The lowest BCUT2D eigenvalue weighted by Crippen LogP contribution is -2.63. The molecule has 12 amide bonds. The molecule has 0 saturated carbocycles. The van der Waals surface area contributed by atoms with E-state index in [1.807, 2.05) is 6.92 Å². The number of aliphatic hydroxyl groups is 3. The van der Waals surface area contributed by atoms with Crippen LogP contribution >= 0.6 is 0 Å². The molecule has 0 spiro atoms. The number of nitrogens with two attached hydrogens (primary N) is 2. The van der Waals surface area contributed by atoms with Crippen molar-refractivity contribution >= 4 is 76.7 Å². The lowest BCUT2D eigenvalue weighted by Gasteiger charge is -2.36. The van der Waals surface area contributed by atoms with Gasteiger partial charge in [0.05, 0.1) is 30.8 Å². The number of nitrogens with one attached hydrogen (secondary N) is 8. The van der Waals surface area contributed by atoms with Crippen molar-refractivity contribution < 1.29 is 82.4 Å². The van der Waals surface area contributed by atoms with Gasteiger partial charge in [0.2, 0.25) is 59.1 Å². The summed E-state index contributed by atoms with van der Waals surface area (Å²) in [5.74, 6) is -13.5. The Morgan fingerprint density at radius 2 is 1.20 bits per heavy atom. The first-order valence-electron chi connectivity index (χ1n) is 30.7. The number of amides is 12. The van der Waals surface area contributed by atoms with Crippen LogP contribution in [0.1, 0.15) is 171 Å². The van der Waals surface area contributed by atoms with Crippen LogP contribution in [0.25, 0.3) is 0 Å². The minimum absolute atomic E-state index is 0.0508. The number of Topliss-reactive ketones (excluding diaryl/α,β-unsaturated/α-hetero) is 1. The van der Waals surface area contributed by atoms with E-state index < -0.39 is 186 Å². The Morgan fingerprint density at radius 1 is 0.648 bits per heavy atom. The van der Waals surface area contributed by atoms with Crippen LogP contribution in [-0.2, 0) is 67.1 Å². The highest BCUT2D eigenvalue weighted by atomic mass is 16.5. The number of hydrogen-bond acceptors (Lipinski definition) is 17. The van der Waals surface area contributed by atoms with Crippen LogP contribution in [0.5, 0.6) is 0 Å². The average Bonchev–Trinajstić information content (AvgIpc) is 1.74. The zero-order valence-corrected chi connectivity index (χ0v) is 53.1. The third-order valence-corrected chi connectivity index (χ3v) is 15.9. The molecule has 0 aliphatic carbocycles. The van der Waals surface area contributed by atoms with E-state index in [1.54, 1.807) is 20.8 Å². The second-order valence-corrected chi connectivity index (χ2v) is 23.5. The topological polar surface area (TPSA) is 447 Å². The fraction of sp³-hybridized carbons (Fsp3) is 0.746. The molecule has 88 heavy (non-hydrogen) atoms. The minimum atomic E-state index is -2.03. The molecule has 498 valence electrons. The number of hydrogen-bond donors (Lipinski definition) is 13. The Morgan fingerprint density at radius 3 is 1.75 bits per heavy atom. The van der Waals surface area contributed by atoms with Crippen LogP contribution in [0.3, 0.4) is 0 Å². The molecule has 0 unspecified atom stereocenters. The molecule has 0 radical (unpaired) electrons. The number of rotatable bonds is 24. The zero-order chi connectivity index (χ0) is 66.7. The van der Waals surface area contributed by atoms with E-state index in [4.69, 9.17) is 16.2 Å². The number of primary amides is 2. The quantitative estimate of drug-likeness (QED) is 0.0371. The minimum Gasteiger partial charge on any atom is -0.391 e. The van der Waals surface area contributed by atoms with E-state index in [1.165, 1.54) is 34.9 Å². The van der Waals surface area contributed by atoms with Gasteiger partial charge in [0.15, 0.2) is 6.10 Å². The largest absolute Gasteiger partial charge is 0.391 e. The van der Waals surface area contributed by atoms with Crippen molar-refractivity contribution in [3.05, 3.63) is 11.8 Å². The highest BCUT2D eigenvalue weighted by Crippen LogP contribution is 2.25. The summed E-state index contributed by atoms with van der Waals surface area (Å²) in [6.07, 6.45) is 2.40. The number of allylic oxidation sites excluding steroid dienone is 1. The molecule has 29 nitrogen and oxygen atoms in total. The third kappa shape index (κ3) is 24.5. The predicted octanol–water partition coefficient (Wildman–Crippen LogP) is -1.89. The van der Waals surface area contributed by atoms with Crippen molar-refractivity contribution in [2.24, 2.45) is 23.3 Å². The molecular formula is C59H100N12O17. The van der Waals surface area contributed by atoms with Gasteiger partial charge >= 0.3 is 0 Å². The van der Waals surface area contributed by atoms with Crippen molar-refractivity contribution in [2.45, 2.75) is 250 Å². The Balaban J connectivity index is 2.76. The van der Waals surface area contributed by atoms with Crippen molar-refractivity contribution in [2.75, 3.05) is 20.7 Å². The van der Waals surface area contributed by atoms with Gasteiger partial charge in [0.25, 0.3) is 11.8 Å². The molecule has 2 rings (SSSR count). The van der Waals surface area contributed by atoms with Gasteiger partial charge in [-0.2, -0.15) is 0 Å². The highest BCUT2D eigenvalue weighted by molar-refractivity contribution is 6.03. The van der Waals surface area contributed by atoms with Crippen molar-refractivity contribution in [1.29, 1.82) is 0 Å². The second kappa shape index (κ2) is 38.3. The van der Waals surface area contributed by atoms with Gasteiger partial charge in [-0.3, -0.25) is 62.3 Å². The lowest BCUT2D eigenvalue weighted by molar-refractivity contribution is -0.151. The van der Waals surface area contributed by atoms with Gasteiger partial charge in [-0.25, -0.2) is 0 Å². The SMILES string of the molecule is CC=C1NC(=O)[C@H](C(C)C)NC(=O)[C@H](O)[C@@H]([C@@H](C)CCCCCCCCCCC(=O)CCC)NC(=O)[C@@H]2CCCN2C(=O)[C@H](CC(N)=O)N(C)C(=O)[C@H]([C@@H](C)OC)NC(=O)[C@@H](C)NC(=O)[C@H](CCC(N)=O)NC(=O)[C@H]([C@@H](C)O)NC(=O)[C@H]([C@@H](C)O)NC1=O. The number of unbranched alkanes of at least 4 members (excludes halogenated alkanes) is 7. The summed E-state index contributed by atoms with van der Waals surface area (Å²) < 4.78 is 5.44. The number of carbonyl (C=O) groups excluding carboxylic acids is 13. The first kappa shape index (κ1) is 77.0. The van der Waals surface area contributed by atoms with Crippen LogP contribution < -0.4 is 54.0 Å². The standard InChI is InChI=1S/C59H100N12O17/c1-12-23-37(74)25-21-19-17-15-14-16-18-20-24-32(5)45-49(77)57(85)65-44(31(3)4)54(82)63-38(13-2)51(79)67-47(35(8)73)56(84)68-46(34(7)72)55(83)64-39(27-28-42(60)75)52(80)62-33(6)50(78)69-48(36(9)88-11)59(87)70(10)41(30-43(61)76)58(86)71-29-22-26-40(71)53(81)66-45/h13,31-36,39-41,44-49,72-73,77H,12,14-30H2,1-11H3,(H2,60,75)(H2,61,76)(H,62,80)(H,63,82)(H,64,83)(H,65,85)(H,66,81)(H,67,79)(H,68,84)(H,69,78)/t32-,33+,34+,35+,36+,39-,40-,41-,44-,45+,46-,47-,48-,49+/m0/s1. The maximum Gasteiger partial charge on any atom is 0.268 e. The van der Waals surface area contributed by atoms with Crippen molar-refractivity contribution in [1.82, 2.24) is 52.3 Å². The molecule has 15 N–H and O–H groups in total. The molecule has 2 heterocycles. The molecule has 2 aliphatic rings. The summed E-state index contributed by atoms with van der Waals surface area (Å²) in [6.45, 7) is 12.9. The number of carbonyl (C=O) groups is 13. The fourth-order valence-corrected chi connectivity index (χ4v) is 10.3. The normalized spacial score (nSPS) is 26.8. The predicted molar refractivity (Wildman–Crippen MR) is 321 cm³/mol. The molecule has 14 atom stereocenters. The summed E-state index contributed by atoms with van der Waals surface area (Å²) in [6, 6.07) is -14.5. The van der Waals surface area contributed by atoms with E-state index in [-0.39, 0.29) is 25.2 Å². The average molecular weight is 1250 g/mol. The number of nitrogens with zero attached hydrogens (tertiary/aromatic N) is 2. The molecule has 29 heteroatoms. The molecule has 2 saturated heterocycles. The Bertz CT molecular complexity index is 2460. The van der Waals surface area contributed by atoms with Gasteiger partial charge < -0.3 is 83.9 Å². The van der Waals surface area contributed by atoms with E-state index in [0.29, 0.717) is 25.7 Å². The molecule has 2 aliphatic heterocycles. The molecule has 2 fully saturated rings. The smallest absolute Gasteiger partial charge is 0.268 e. The Hall–Kier alpha value is -7.11. The monoisotopic (exact) mass is 1250 g/mol. The van der Waals surface area contributed by atoms with Crippen molar-refractivity contribution in [3.63, 3.8) is 0 Å². The van der Waals surface area contributed by atoms with E-state index >= 15 is 0 Å². The molecular weight excluding hydrogens is 1150 g/mol. The maximum atomic E-state index is 14.8.